The molecule has 11 heteroatoms. The van der Waals surface area contributed by atoms with Crippen molar-refractivity contribution in [3.05, 3.63) is 83.5 Å². The smallest absolute Gasteiger partial charge is 0.416 e. The summed E-state index contributed by atoms with van der Waals surface area (Å²) in [7, 11) is 1.59. The van der Waals surface area contributed by atoms with Crippen LogP contribution < -0.4 is 10.5 Å². The molecule has 0 bridgehead atoms. The summed E-state index contributed by atoms with van der Waals surface area (Å²) in [6.07, 6.45) is -1.32. The van der Waals surface area contributed by atoms with Gasteiger partial charge in [-0.3, -0.25) is 4.79 Å². The van der Waals surface area contributed by atoms with Crippen molar-refractivity contribution < 1.29 is 27.1 Å². The van der Waals surface area contributed by atoms with Crippen molar-refractivity contribution in [3.8, 4) is 17.2 Å². The van der Waals surface area contributed by atoms with Crippen molar-refractivity contribution in [1.29, 1.82) is 0 Å². The first-order valence-electron chi connectivity index (χ1n) is 9.58. The van der Waals surface area contributed by atoms with Crippen molar-refractivity contribution in [2.75, 3.05) is 7.11 Å². The SMILES string of the molecule is COc1ccc(-c2nc(C(N)=O)co2)cc1.Cc1cn(Cc2ccc(C(F)(F)F)cc2)nn1. The molecule has 0 fully saturated rings. The minimum absolute atomic E-state index is 0.116. The number of nitrogens with two attached hydrogens (primary N) is 1. The van der Waals surface area contributed by atoms with E-state index in [2.05, 4.69) is 15.3 Å². The summed E-state index contributed by atoms with van der Waals surface area (Å²) in [5.74, 6) is 0.491. The Morgan fingerprint density at radius 3 is 2.27 bits per heavy atom. The largest absolute Gasteiger partial charge is 0.497 e. The summed E-state index contributed by atoms with van der Waals surface area (Å²) in [5, 5.41) is 7.63. The highest BCUT2D eigenvalue weighted by molar-refractivity contribution is 5.90. The summed E-state index contributed by atoms with van der Waals surface area (Å²) in [4.78, 5) is 14.8. The third-order valence-electron chi connectivity index (χ3n) is 4.37. The van der Waals surface area contributed by atoms with E-state index in [9.17, 15) is 18.0 Å². The maximum atomic E-state index is 12.3. The lowest BCUT2D eigenvalue weighted by Gasteiger charge is -2.07. The molecule has 4 aromatic rings. The number of carbonyl (C=O) groups is 1. The van der Waals surface area contributed by atoms with Gasteiger partial charge in [-0.25, -0.2) is 9.67 Å². The van der Waals surface area contributed by atoms with Crippen molar-refractivity contribution in [1.82, 2.24) is 20.0 Å². The fourth-order valence-electron chi connectivity index (χ4n) is 2.71. The second kappa shape index (κ2) is 9.98. The Labute approximate surface area is 186 Å². The number of hydrogen-bond acceptors (Lipinski definition) is 6. The van der Waals surface area contributed by atoms with Gasteiger partial charge in [0.1, 0.15) is 12.0 Å². The molecule has 2 aromatic heterocycles. The van der Waals surface area contributed by atoms with E-state index >= 15 is 0 Å². The number of aromatic nitrogens is 4. The van der Waals surface area contributed by atoms with E-state index in [1.807, 2.05) is 0 Å². The summed E-state index contributed by atoms with van der Waals surface area (Å²) >= 11 is 0. The fraction of sp³-hybridized carbons (Fsp3) is 0.182. The summed E-state index contributed by atoms with van der Waals surface area (Å²) in [6.45, 7) is 2.22. The number of carbonyl (C=O) groups excluding carboxylic acids is 1. The first-order chi connectivity index (χ1) is 15.7. The molecule has 33 heavy (non-hydrogen) atoms. The first-order valence-corrected chi connectivity index (χ1v) is 9.58. The van der Waals surface area contributed by atoms with Gasteiger partial charge in [-0.05, 0) is 48.9 Å². The van der Waals surface area contributed by atoms with E-state index in [0.717, 1.165) is 34.7 Å². The number of methoxy groups -OCH3 is 1. The lowest BCUT2D eigenvalue weighted by molar-refractivity contribution is -0.137. The number of aryl methyl sites for hydroxylation is 1. The zero-order chi connectivity index (χ0) is 24.0. The summed E-state index contributed by atoms with van der Waals surface area (Å²) in [6, 6.07) is 12.2. The molecule has 0 aliphatic rings. The topological polar surface area (TPSA) is 109 Å². The zero-order valence-corrected chi connectivity index (χ0v) is 17.7. The molecule has 0 aliphatic heterocycles. The van der Waals surface area contributed by atoms with Crippen molar-refractivity contribution in [2.24, 2.45) is 5.73 Å². The molecule has 0 saturated carbocycles. The second-order valence-corrected chi connectivity index (χ2v) is 6.88. The maximum Gasteiger partial charge on any atom is 0.416 e. The van der Waals surface area contributed by atoms with Gasteiger partial charge in [-0.15, -0.1) is 5.10 Å². The average Bonchev–Trinajstić information content (AvgIpc) is 3.44. The number of ether oxygens (including phenoxy) is 1. The number of halogens is 3. The lowest BCUT2D eigenvalue weighted by Crippen LogP contribution is -2.10. The number of oxazole rings is 1. The van der Waals surface area contributed by atoms with Gasteiger partial charge in [-0.1, -0.05) is 17.3 Å². The molecular weight excluding hydrogens is 439 g/mol. The fourth-order valence-corrected chi connectivity index (χ4v) is 2.71. The third-order valence-corrected chi connectivity index (χ3v) is 4.37. The van der Waals surface area contributed by atoms with E-state index in [-0.39, 0.29) is 5.69 Å². The van der Waals surface area contributed by atoms with Crippen molar-refractivity contribution in [3.63, 3.8) is 0 Å². The molecule has 4 rings (SSSR count). The Balaban J connectivity index is 0.000000186. The van der Waals surface area contributed by atoms with E-state index in [1.165, 1.54) is 18.4 Å². The highest BCUT2D eigenvalue weighted by Crippen LogP contribution is 2.29. The van der Waals surface area contributed by atoms with Gasteiger partial charge in [0.25, 0.3) is 5.91 Å². The van der Waals surface area contributed by atoms with Crippen LogP contribution in [0.4, 0.5) is 13.2 Å². The number of rotatable bonds is 5. The molecule has 8 nitrogen and oxygen atoms in total. The molecule has 2 heterocycles. The van der Waals surface area contributed by atoms with Crippen LogP contribution in [0.5, 0.6) is 5.75 Å². The van der Waals surface area contributed by atoms with Crippen LogP contribution in [-0.2, 0) is 12.7 Å². The minimum Gasteiger partial charge on any atom is -0.497 e. The van der Waals surface area contributed by atoms with E-state index < -0.39 is 17.6 Å². The van der Waals surface area contributed by atoms with Crippen molar-refractivity contribution >= 4 is 5.91 Å². The molecule has 0 atom stereocenters. The van der Waals surface area contributed by atoms with Crippen LogP contribution in [0.3, 0.4) is 0 Å². The summed E-state index contributed by atoms with van der Waals surface area (Å²) in [5.41, 5.74) is 6.83. The predicted octanol–water partition coefficient (Wildman–Crippen LogP) is 4.10. The molecule has 172 valence electrons. The Morgan fingerprint density at radius 1 is 1.12 bits per heavy atom. The van der Waals surface area contributed by atoms with Crippen LogP contribution in [0.1, 0.15) is 27.3 Å². The van der Waals surface area contributed by atoms with Gasteiger partial charge in [0.15, 0.2) is 5.69 Å². The van der Waals surface area contributed by atoms with Gasteiger partial charge < -0.3 is 14.9 Å². The molecule has 0 radical (unpaired) electrons. The Kier molecular flexibility index (Phi) is 7.11. The number of hydrogen-bond donors (Lipinski definition) is 1. The number of alkyl halides is 3. The zero-order valence-electron chi connectivity index (χ0n) is 17.7. The predicted molar refractivity (Wildman–Crippen MR) is 112 cm³/mol. The van der Waals surface area contributed by atoms with Crippen LogP contribution in [-0.4, -0.2) is 33.0 Å². The third kappa shape index (κ3) is 6.42. The van der Waals surface area contributed by atoms with Crippen LogP contribution >= 0.6 is 0 Å². The molecule has 2 N–H and O–H groups in total. The Morgan fingerprint density at radius 2 is 1.79 bits per heavy atom. The van der Waals surface area contributed by atoms with E-state index in [0.29, 0.717) is 12.4 Å². The van der Waals surface area contributed by atoms with Crippen LogP contribution in [0, 0.1) is 6.92 Å². The molecule has 2 aromatic carbocycles. The normalized spacial score (nSPS) is 10.9. The molecule has 0 saturated heterocycles. The van der Waals surface area contributed by atoms with Gasteiger partial charge in [-0.2, -0.15) is 13.2 Å². The Bertz CT molecular complexity index is 1200. The molecule has 0 aliphatic carbocycles. The molecule has 0 unspecified atom stereocenters. The Hall–Kier alpha value is -4.15. The van der Waals surface area contributed by atoms with Crippen LogP contribution in [0.15, 0.2) is 65.4 Å². The van der Waals surface area contributed by atoms with Gasteiger partial charge in [0, 0.05) is 11.8 Å². The molecular formula is C22H20F3N5O3. The average molecular weight is 459 g/mol. The van der Waals surface area contributed by atoms with Gasteiger partial charge >= 0.3 is 6.18 Å². The number of primary amides is 1. The molecule has 1 amide bonds. The monoisotopic (exact) mass is 459 g/mol. The second-order valence-electron chi connectivity index (χ2n) is 6.88. The highest BCUT2D eigenvalue weighted by atomic mass is 19.4. The van der Waals surface area contributed by atoms with Crippen molar-refractivity contribution in [2.45, 2.75) is 19.6 Å². The lowest BCUT2D eigenvalue weighted by atomic mass is 10.1. The van der Waals surface area contributed by atoms with E-state index in [4.69, 9.17) is 14.9 Å². The quantitative estimate of drug-likeness (QED) is 0.481. The van der Waals surface area contributed by atoms with Gasteiger partial charge in [0.2, 0.25) is 5.89 Å². The number of benzene rings is 2. The first kappa shape index (κ1) is 23.5. The minimum atomic E-state index is -4.29. The number of amides is 1. The van der Waals surface area contributed by atoms with Gasteiger partial charge in [0.05, 0.1) is 24.9 Å². The van der Waals surface area contributed by atoms with Crippen LogP contribution in [0.25, 0.3) is 11.5 Å². The summed E-state index contributed by atoms with van der Waals surface area (Å²) < 4.78 is 48.7. The highest BCUT2D eigenvalue weighted by Gasteiger charge is 2.29. The molecule has 0 spiro atoms. The van der Waals surface area contributed by atoms with E-state index in [1.54, 1.807) is 49.2 Å². The number of nitrogens with zero attached hydrogens (tertiary/aromatic N) is 4. The standard InChI is InChI=1S/C11H10F3N3.C11H10N2O3/c1-8-6-17(16-15-8)7-9-2-4-10(5-3-9)11(12,13)14;1-15-8-4-2-7(3-5-8)11-13-9(6-16-11)10(12)14/h2-6H,7H2,1H3;2-6H,1H3,(H2,12,14). The maximum absolute atomic E-state index is 12.3. The van der Waals surface area contributed by atoms with Crippen LogP contribution in [0.2, 0.25) is 0 Å².